The molecule has 1 aliphatic rings. The van der Waals surface area contributed by atoms with Gasteiger partial charge in [0.2, 0.25) is 15.9 Å². The van der Waals surface area contributed by atoms with Gasteiger partial charge in [-0.3, -0.25) is 4.79 Å². The largest absolute Gasteiger partial charge is 0.339 e. The topological polar surface area (TPSA) is 83.5 Å². The molecule has 1 aromatic heterocycles. The lowest BCUT2D eigenvalue weighted by Gasteiger charge is -2.34. The summed E-state index contributed by atoms with van der Waals surface area (Å²) >= 11 is 1.36. The summed E-state index contributed by atoms with van der Waals surface area (Å²) in [6.07, 6.45) is 1.70. The summed E-state index contributed by atoms with van der Waals surface area (Å²) in [6.45, 7) is 1.43. The number of piperazine rings is 1. The van der Waals surface area contributed by atoms with Crippen molar-refractivity contribution in [1.82, 2.24) is 19.4 Å². The highest BCUT2D eigenvalue weighted by molar-refractivity contribution is 8.00. The number of carbonyl (C=O) groups excluding carboxylic acids is 1. The van der Waals surface area contributed by atoms with Gasteiger partial charge in [-0.1, -0.05) is 66.4 Å². The highest BCUT2D eigenvalue weighted by Crippen LogP contribution is 2.25. The quantitative estimate of drug-likeness (QED) is 0.545. The SMILES string of the molecule is O=C(CSc1nncc2ccccc12)N1CCN(S(=O)(=O)Cc2ccccc2)CC1. The highest BCUT2D eigenvalue weighted by Gasteiger charge is 2.29. The Kier molecular flexibility index (Phi) is 6.31. The van der Waals surface area contributed by atoms with Crippen LogP contribution in [0.3, 0.4) is 0 Å². The number of hydrogen-bond acceptors (Lipinski definition) is 6. The number of amides is 1. The van der Waals surface area contributed by atoms with Gasteiger partial charge in [-0.25, -0.2) is 8.42 Å². The minimum Gasteiger partial charge on any atom is -0.339 e. The Morgan fingerprint density at radius 2 is 1.67 bits per heavy atom. The summed E-state index contributed by atoms with van der Waals surface area (Å²) in [5.41, 5.74) is 0.767. The molecule has 1 aliphatic heterocycles. The Balaban J connectivity index is 1.32. The van der Waals surface area contributed by atoms with Crippen molar-refractivity contribution in [2.45, 2.75) is 10.8 Å². The van der Waals surface area contributed by atoms with E-state index in [1.165, 1.54) is 16.1 Å². The highest BCUT2D eigenvalue weighted by atomic mass is 32.2. The molecule has 1 fully saturated rings. The number of hydrogen-bond donors (Lipinski definition) is 0. The van der Waals surface area contributed by atoms with Crippen molar-refractivity contribution < 1.29 is 13.2 Å². The average Bonchev–Trinajstić information content (AvgIpc) is 2.78. The molecular formula is C21H22N4O3S2. The first-order valence-corrected chi connectivity index (χ1v) is 12.3. The molecular weight excluding hydrogens is 420 g/mol. The van der Waals surface area contributed by atoms with Gasteiger partial charge in [0.15, 0.2) is 0 Å². The molecule has 9 heteroatoms. The number of fused-ring (bicyclic) bond motifs is 1. The molecule has 3 aromatic rings. The second kappa shape index (κ2) is 9.11. The molecule has 0 bridgehead atoms. The third kappa shape index (κ3) is 4.80. The number of nitrogens with zero attached hydrogens (tertiary/aromatic N) is 4. The van der Waals surface area contributed by atoms with E-state index in [1.807, 2.05) is 54.6 Å². The van der Waals surface area contributed by atoms with Crippen molar-refractivity contribution in [2.24, 2.45) is 0 Å². The van der Waals surface area contributed by atoms with Crippen molar-refractivity contribution in [3.05, 3.63) is 66.4 Å². The van der Waals surface area contributed by atoms with Crippen LogP contribution in [-0.2, 0) is 20.6 Å². The van der Waals surface area contributed by atoms with Crippen LogP contribution in [0.1, 0.15) is 5.56 Å². The molecule has 4 rings (SSSR count). The van der Waals surface area contributed by atoms with E-state index in [0.29, 0.717) is 26.2 Å². The van der Waals surface area contributed by atoms with E-state index in [9.17, 15) is 13.2 Å². The smallest absolute Gasteiger partial charge is 0.233 e. The van der Waals surface area contributed by atoms with Crippen LogP contribution < -0.4 is 0 Å². The number of carbonyl (C=O) groups is 1. The zero-order chi connectivity index (χ0) is 21.0. The molecule has 2 aromatic carbocycles. The van der Waals surface area contributed by atoms with Crippen LogP contribution in [0.25, 0.3) is 10.8 Å². The Hall–Kier alpha value is -2.49. The lowest BCUT2D eigenvalue weighted by Crippen LogP contribution is -2.51. The molecule has 7 nitrogen and oxygen atoms in total. The molecule has 2 heterocycles. The van der Waals surface area contributed by atoms with Crippen molar-refractivity contribution in [3.8, 4) is 0 Å². The molecule has 0 spiro atoms. The lowest BCUT2D eigenvalue weighted by molar-refractivity contribution is -0.129. The molecule has 0 radical (unpaired) electrons. The van der Waals surface area contributed by atoms with Crippen LogP contribution in [0, 0.1) is 0 Å². The number of benzene rings is 2. The second-order valence-electron chi connectivity index (χ2n) is 7.05. The third-order valence-electron chi connectivity index (χ3n) is 5.05. The second-order valence-corrected chi connectivity index (χ2v) is 9.98. The fourth-order valence-corrected chi connectivity index (χ4v) is 5.83. The predicted molar refractivity (Wildman–Crippen MR) is 117 cm³/mol. The zero-order valence-electron chi connectivity index (χ0n) is 16.3. The van der Waals surface area contributed by atoms with Gasteiger partial charge in [-0.2, -0.15) is 9.40 Å². The number of sulfonamides is 1. The molecule has 0 saturated carbocycles. The fraction of sp³-hybridized carbons (Fsp3) is 0.286. The maximum Gasteiger partial charge on any atom is 0.233 e. The van der Waals surface area contributed by atoms with Crippen LogP contribution in [0.5, 0.6) is 0 Å². The zero-order valence-corrected chi connectivity index (χ0v) is 18.0. The molecule has 0 aliphatic carbocycles. The van der Waals surface area contributed by atoms with Crippen LogP contribution in [0.2, 0.25) is 0 Å². The Morgan fingerprint density at radius 3 is 2.43 bits per heavy atom. The summed E-state index contributed by atoms with van der Waals surface area (Å²) < 4.78 is 26.8. The van der Waals surface area contributed by atoms with E-state index >= 15 is 0 Å². The van der Waals surface area contributed by atoms with Gasteiger partial charge in [0.05, 0.1) is 17.7 Å². The molecule has 0 unspecified atom stereocenters. The third-order valence-corrected chi connectivity index (χ3v) is 7.86. The van der Waals surface area contributed by atoms with Gasteiger partial charge in [0.1, 0.15) is 5.03 Å². The number of aromatic nitrogens is 2. The van der Waals surface area contributed by atoms with Gasteiger partial charge in [-0.05, 0) is 5.56 Å². The van der Waals surface area contributed by atoms with E-state index in [0.717, 1.165) is 21.4 Å². The van der Waals surface area contributed by atoms with Gasteiger partial charge in [0.25, 0.3) is 0 Å². The van der Waals surface area contributed by atoms with E-state index in [1.54, 1.807) is 11.1 Å². The predicted octanol–water partition coefficient (Wildman–Crippen LogP) is 2.40. The first kappa shape index (κ1) is 20.8. The monoisotopic (exact) mass is 442 g/mol. The average molecular weight is 443 g/mol. The number of thioether (sulfide) groups is 1. The minimum atomic E-state index is -3.39. The summed E-state index contributed by atoms with van der Waals surface area (Å²) in [5.74, 6) is 0.214. The first-order valence-electron chi connectivity index (χ1n) is 9.66. The van der Waals surface area contributed by atoms with Crippen LogP contribution in [-0.4, -0.2) is 65.7 Å². The van der Waals surface area contributed by atoms with Gasteiger partial charge >= 0.3 is 0 Å². The van der Waals surface area contributed by atoms with Crippen molar-refractivity contribution >= 4 is 38.5 Å². The van der Waals surface area contributed by atoms with Crippen molar-refractivity contribution in [3.63, 3.8) is 0 Å². The summed E-state index contributed by atoms with van der Waals surface area (Å²) in [4.78, 5) is 14.4. The first-order chi connectivity index (χ1) is 14.5. The van der Waals surface area contributed by atoms with Crippen molar-refractivity contribution in [2.75, 3.05) is 31.9 Å². The van der Waals surface area contributed by atoms with E-state index in [-0.39, 0.29) is 17.4 Å². The number of rotatable bonds is 6. The molecule has 1 amide bonds. The molecule has 0 N–H and O–H groups in total. The fourth-order valence-electron chi connectivity index (χ4n) is 3.42. The lowest BCUT2D eigenvalue weighted by atomic mass is 10.2. The minimum absolute atomic E-state index is 0.0165. The maximum absolute atomic E-state index is 12.7. The molecule has 0 atom stereocenters. The Labute approximate surface area is 180 Å². The Morgan fingerprint density at radius 1 is 0.967 bits per heavy atom. The Bertz CT molecular complexity index is 1130. The molecule has 1 saturated heterocycles. The summed E-state index contributed by atoms with van der Waals surface area (Å²) in [6, 6.07) is 17.0. The van der Waals surface area contributed by atoms with Gasteiger partial charge < -0.3 is 4.90 Å². The van der Waals surface area contributed by atoms with Crippen LogP contribution in [0.4, 0.5) is 0 Å². The van der Waals surface area contributed by atoms with E-state index in [4.69, 9.17) is 0 Å². The standard InChI is InChI=1S/C21H22N4O3S2/c26-20(15-29-21-19-9-5-4-8-18(19)14-22-23-21)24-10-12-25(13-11-24)30(27,28)16-17-6-2-1-3-7-17/h1-9,14H,10-13,15-16H2. The van der Waals surface area contributed by atoms with E-state index in [2.05, 4.69) is 10.2 Å². The van der Waals surface area contributed by atoms with Gasteiger partial charge in [-0.15, -0.1) is 5.10 Å². The molecule has 156 valence electrons. The van der Waals surface area contributed by atoms with E-state index < -0.39 is 10.0 Å². The summed E-state index contributed by atoms with van der Waals surface area (Å²) in [7, 11) is -3.39. The van der Waals surface area contributed by atoms with Gasteiger partial charge in [0, 0.05) is 37.0 Å². The molecule has 30 heavy (non-hydrogen) atoms. The van der Waals surface area contributed by atoms with Crippen LogP contribution in [0.15, 0.2) is 65.8 Å². The van der Waals surface area contributed by atoms with Crippen molar-refractivity contribution in [1.29, 1.82) is 0 Å². The summed E-state index contributed by atoms with van der Waals surface area (Å²) in [5, 5.41) is 10.9. The normalized spacial score (nSPS) is 15.4. The maximum atomic E-state index is 12.7. The van der Waals surface area contributed by atoms with Crippen LogP contribution >= 0.6 is 11.8 Å².